The van der Waals surface area contributed by atoms with Crippen LogP contribution in [0.2, 0.25) is 0 Å². The Morgan fingerprint density at radius 1 is 0.633 bits per heavy atom. The topological polar surface area (TPSA) is 48.4 Å². The third-order valence-electron chi connectivity index (χ3n) is 9.14. The van der Waals surface area contributed by atoms with Gasteiger partial charge in [-0.15, -0.1) is 0 Å². The summed E-state index contributed by atoms with van der Waals surface area (Å²) in [6.45, 7) is 3.62. The fraction of sp³-hybridized carbons (Fsp3) is 0.571. The minimum absolute atomic E-state index is 0.0665. The number of esters is 1. The van der Waals surface area contributed by atoms with Crippen molar-refractivity contribution in [2.75, 3.05) is 13.2 Å². The fourth-order valence-electron chi connectivity index (χ4n) is 5.88. The molecule has 0 saturated carbocycles. The van der Waals surface area contributed by atoms with Crippen molar-refractivity contribution in [2.45, 2.75) is 142 Å². The van der Waals surface area contributed by atoms with Crippen molar-refractivity contribution in [3.05, 3.63) is 78.0 Å². The molecule has 0 fully saturated rings. The second-order valence-electron chi connectivity index (χ2n) is 13.3. The number of carbonyl (C=O) groups is 1. The zero-order chi connectivity index (χ0) is 35.2. The predicted octanol–water partition coefficient (Wildman–Crippen LogP) is 12.7. The van der Waals surface area contributed by atoms with Gasteiger partial charge in [-0.25, -0.2) is 4.79 Å². The molecule has 4 nitrogen and oxygen atoms in total. The summed E-state index contributed by atoms with van der Waals surface area (Å²) in [6, 6.07) is 20.1. The SMILES string of the molecule is CCCCCCCCCCCCCCCc1ccc(-c2ccc(-c3ccc(C(=O)OCCCCCCOC(C)C(F)(F)F)cc3)nc2)cc1. The van der Waals surface area contributed by atoms with Crippen LogP contribution in [0.4, 0.5) is 13.2 Å². The monoisotopic (exact) mass is 681 g/mol. The van der Waals surface area contributed by atoms with Crippen LogP contribution in [-0.2, 0) is 15.9 Å². The van der Waals surface area contributed by atoms with Gasteiger partial charge < -0.3 is 9.47 Å². The van der Waals surface area contributed by atoms with Gasteiger partial charge in [0.1, 0.15) is 0 Å². The van der Waals surface area contributed by atoms with Crippen LogP contribution in [0, 0.1) is 0 Å². The van der Waals surface area contributed by atoms with E-state index in [-0.39, 0.29) is 13.2 Å². The fourth-order valence-corrected chi connectivity index (χ4v) is 5.88. The number of alkyl halides is 3. The smallest absolute Gasteiger partial charge is 0.414 e. The lowest BCUT2D eigenvalue weighted by molar-refractivity contribution is -0.214. The Labute approximate surface area is 293 Å². The zero-order valence-electron chi connectivity index (χ0n) is 29.9. The van der Waals surface area contributed by atoms with E-state index in [1.807, 2.05) is 24.4 Å². The van der Waals surface area contributed by atoms with Crippen molar-refractivity contribution in [1.82, 2.24) is 4.98 Å². The van der Waals surface area contributed by atoms with Crippen molar-refractivity contribution >= 4 is 5.97 Å². The van der Waals surface area contributed by atoms with Crippen LogP contribution in [0.1, 0.15) is 139 Å². The number of halogens is 3. The maximum Gasteiger partial charge on any atom is 0.414 e. The van der Waals surface area contributed by atoms with E-state index in [4.69, 9.17) is 9.47 Å². The summed E-state index contributed by atoms with van der Waals surface area (Å²) in [5, 5.41) is 0. The number of ether oxygens (including phenoxy) is 2. The Morgan fingerprint density at radius 2 is 1.14 bits per heavy atom. The number of aromatic nitrogens is 1. The molecule has 3 aromatic rings. The maximum absolute atomic E-state index is 12.4. The van der Waals surface area contributed by atoms with Gasteiger partial charge in [0.2, 0.25) is 0 Å². The second-order valence-corrected chi connectivity index (χ2v) is 13.3. The standard InChI is InChI=1S/C42H58F3NO3/c1-3-4-5-6-7-8-9-10-11-12-13-14-17-20-35-21-23-36(24-22-35)39-29-30-40(46-33-39)37-25-27-38(28-26-37)41(47)49-32-19-16-15-18-31-48-34(2)42(43,44)45/h21-30,33-34H,3-20,31-32H2,1-2H3. The maximum atomic E-state index is 12.4. The van der Waals surface area contributed by atoms with E-state index in [0.29, 0.717) is 24.8 Å². The van der Waals surface area contributed by atoms with Gasteiger partial charge in [-0.1, -0.05) is 133 Å². The van der Waals surface area contributed by atoms with Crippen LogP contribution in [0.3, 0.4) is 0 Å². The van der Waals surface area contributed by atoms with E-state index < -0.39 is 18.2 Å². The van der Waals surface area contributed by atoms with Crippen LogP contribution in [-0.4, -0.2) is 36.4 Å². The Hall–Kier alpha value is -3.19. The summed E-state index contributed by atoms with van der Waals surface area (Å²) in [5.74, 6) is -0.394. The molecule has 1 unspecified atom stereocenters. The first-order chi connectivity index (χ1) is 23.8. The van der Waals surface area contributed by atoms with Crippen molar-refractivity contribution < 1.29 is 27.4 Å². The molecule has 270 valence electrons. The first-order valence-corrected chi connectivity index (χ1v) is 18.8. The molecule has 1 heterocycles. The van der Waals surface area contributed by atoms with Gasteiger partial charge in [-0.3, -0.25) is 4.98 Å². The summed E-state index contributed by atoms with van der Waals surface area (Å²) in [6.07, 6.45) is 17.5. The molecule has 0 aliphatic rings. The van der Waals surface area contributed by atoms with Gasteiger partial charge in [-0.05, 0) is 68.4 Å². The minimum Gasteiger partial charge on any atom is -0.462 e. The van der Waals surface area contributed by atoms with E-state index in [9.17, 15) is 18.0 Å². The molecule has 0 amide bonds. The van der Waals surface area contributed by atoms with Gasteiger partial charge >= 0.3 is 12.1 Å². The molecule has 7 heteroatoms. The van der Waals surface area contributed by atoms with Crippen LogP contribution in [0.5, 0.6) is 0 Å². The van der Waals surface area contributed by atoms with Crippen molar-refractivity contribution in [3.63, 3.8) is 0 Å². The first-order valence-electron chi connectivity index (χ1n) is 18.8. The highest BCUT2D eigenvalue weighted by Crippen LogP contribution is 2.25. The molecule has 0 saturated heterocycles. The molecule has 0 N–H and O–H groups in total. The number of hydrogen-bond acceptors (Lipinski definition) is 4. The van der Waals surface area contributed by atoms with Crippen LogP contribution in [0.15, 0.2) is 66.9 Å². The van der Waals surface area contributed by atoms with Gasteiger partial charge in [0, 0.05) is 23.9 Å². The molecule has 0 aliphatic heterocycles. The zero-order valence-corrected chi connectivity index (χ0v) is 29.9. The van der Waals surface area contributed by atoms with Gasteiger partial charge in [0.25, 0.3) is 0 Å². The summed E-state index contributed by atoms with van der Waals surface area (Å²) >= 11 is 0. The highest BCUT2D eigenvalue weighted by molar-refractivity contribution is 5.90. The molecule has 2 aromatic carbocycles. The molecule has 1 atom stereocenters. The lowest BCUT2D eigenvalue weighted by atomic mass is 10.0. The first kappa shape index (κ1) is 40.2. The lowest BCUT2D eigenvalue weighted by Gasteiger charge is -2.16. The highest BCUT2D eigenvalue weighted by Gasteiger charge is 2.36. The average molecular weight is 682 g/mol. The van der Waals surface area contributed by atoms with Crippen LogP contribution in [0.25, 0.3) is 22.4 Å². The molecule has 49 heavy (non-hydrogen) atoms. The van der Waals surface area contributed by atoms with Crippen molar-refractivity contribution in [2.24, 2.45) is 0 Å². The van der Waals surface area contributed by atoms with E-state index in [2.05, 4.69) is 42.2 Å². The molecule has 0 aliphatic carbocycles. The van der Waals surface area contributed by atoms with Crippen LogP contribution >= 0.6 is 0 Å². The van der Waals surface area contributed by atoms with E-state index in [0.717, 1.165) is 42.1 Å². The summed E-state index contributed by atoms with van der Waals surface area (Å²) in [7, 11) is 0. The molecule has 3 rings (SSSR count). The third-order valence-corrected chi connectivity index (χ3v) is 9.14. The molecular weight excluding hydrogens is 623 g/mol. The molecule has 0 spiro atoms. The van der Waals surface area contributed by atoms with Gasteiger partial charge in [0.05, 0.1) is 17.9 Å². The van der Waals surface area contributed by atoms with Crippen molar-refractivity contribution in [1.29, 1.82) is 0 Å². The second kappa shape index (κ2) is 23.3. The average Bonchev–Trinajstić information content (AvgIpc) is 3.11. The van der Waals surface area contributed by atoms with E-state index >= 15 is 0 Å². The molecule has 0 radical (unpaired) electrons. The normalized spacial score (nSPS) is 12.3. The summed E-state index contributed by atoms with van der Waals surface area (Å²) in [4.78, 5) is 17.1. The Balaban J connectivity index is 1.28. The van der Waals surface area contributed by atoms with E-state index in [1.54, 1.807) is 12.1 Å². The highest BCUT2D eigenvalue weighted by atomic mass is 19.4. The summed E-state index contributed by atoms with van der Waals surface area (Å²) < 4.78 is 47.5. The number of carbonyl (C=O) groups excluding carboxylic acids is 1. The number of pyridine rings is 1. The minimum atomic E-state index is -4.33. The Bertz CT molecular complexity index is 1290. The number of hydrogen-bond donors (Lipinski definition) is 0. The molecular formula is C42H58F3NO3. The third kappa shape index (κ3) is 16.4. The quantitative estimate of drug-likeness (QED) is 0.0660. The number of unbranched alkanes of at least 4 members (excludes halogenated alkanes) is 15. The van der Waals surface area contributed by atoms with E-state index in [1.165, 1.54) is 89.0 Å². The summed E-state index contributed by atoms with van der Waals surface area (Å²) in [5.41, 5.74) is 5.82. The molecule has 0 bridgehead atoms. The largest absolute Gasteiger partial charge is 0.462 e. The number of aryl methyl sites for hydroxylation is 1. The Morgan fingerprint density at radius 3 is 1.69 bits per heavy atom. The van der Waals surface area contributed by atoms with Crippen molar-refractivity contribution in [3.8, 4) is 22.4 Å². The number of rotatable bonds is 25. The number of nitrogens with zero attached hydrogens (tertiary/aromatic N) is 1. The van der Waals surface area contributed by atoms with Crippen LogP contribution < -0.4 is 0 Å². The van der Waals surface area contributed by atoms with Gasteiger partial charge in [0.15, 0.2) is 6.10 Å². The number of benzene rings is 2. The molecule has 1 aromatic heterocycles. The van der Waals surface area contributed by atoms with Gasteiger partial charge in [-0.2, -0.15) is 13.2 Å². The predicted molar refractivity (Wildman–Crippen MR) is 195 cm³/mol. The lowest BCUT2D eigenvalue weighted by Crippen LogP contribution is -2.28. The Kier molecular flexibility index (Phi) is 19.1.